The van der Waals surface area contributed by atoms with Crippen molar-refractivity contribution >= 4 is 40.5 Å². The van der Waals surface area contributed by atoms with Gasteiger partial charge in [-0.25, -0.2) is 10.2 Å². The molecule has 0 radical (unpaired) electrons. The van der Waals surface area contributed by atoms with Crippen LogP contribution in [0.25, 0.3) is 11.3 Å². The number of amides is 2. The summed E-state index contributed by atoms with van der Waals surface area (Å²) in [7, 11) is 1.55. The Hall–Kier alpha value is -4.84. The van der Waals surface area contributed by atoms with E-state index in [4.69, 9.17) is 13.9 Å². The third-order valence-corrected chi connectivity index (χ3v) is 5.88. The van der Waals surface area contributed by atoms with Crippen molar-refractivity contribution in [3.05, 3.63) is 82.6 Å². The molecule has 2 aromatic carbocycles. The van der Waals surface area contributed by atoms with Crippen LogP contribution in [0.4, 0.5) is 5.13 Å². The molecule has 194 valence electrons. The number of aromatic nitrogens is 2. The van der Waals surface area contributed by atoms with Crippen LogP contribution in [0.1, 0.15) is 38.4 Å². The zero-order valence-corrected chi connectivity index (χ0v) is 21.3. The van der Waals surface area contributed by atoms with E-state index in [0.29, 0.717) is 40.0 Å². The number of esters is 1. The average molecular weight is 534 g/mol. The quantitative estimate of drug-likeness (QED) is 0.177. The third kappa shape index (κ3) is 6.89. The smallest absolute Gasteiger partial charge is 0.338 e. The van der Waals surface area contributed by atoms with Crippen molar-refractivity contribution in [3.8, 4) is 17.1 Å². The Morgan fingerprint density at radius 3 is 2.45 bits per heavy atom. The second-order valence-corrected chi connectivity index (χ2v) is 8.72. The van der Waals surface area contributed by atoms with Crippen LogP contribution >= 0.6 is 11.3 Å². The van der Waals surface area contributed by atoms with Crippen LogP contribution in [0, 0.1) is 0 Å². The Balaban J connectivity index is 1.26. The van der Waals surface area contributed by atoms with E-state index in [1.165, 1.54) is 6.21 Å². The number of benzene rings is 2. The molecule has 0 unspecified atom stereocenters. The molecule has 2 amide bonds. The molecule has 12 heteroatoms. The fourth-order valence-electron chi connectivity index (χ4n) is 3.19. The van der Waals surface area contributed by atoms with E-state index < -0.39 is 5.91 Å². The van der Waals surface area contributed by atoms with Gasteiger partial charge in [0.25, 0.3) is 5.91 Å². The molecule has 4 aromatic rings. The number of hydrogen-bond donors (Lipinski definition) is 2. The fourth-order valence-corrected chi connectivity index (χ4v) is 3.93. The number of nitrogens with zero attached hydrogens (tertiary/aromatic N) is 3. The van der Waals surface area contributed by atoms with E-state index in [2.05, 4.69) is 26.0 Å². The van der Waals surface area contributed by atoms with Crippen LogP contribution < -0.4 is 15.5 Å². The molecular weight excluding hydrogens is 510 g/mol. The van der Waals surface area contributed by atoms with Crippen LogP contribution in [0.2, 0.25) is 0 Å². The lowest BCUT2D eigenvalue weighted by Crippen LogP contribution is -2.19. The van der Waals surface area contributed by atoms with Crippen LogP contribution in [0.5, 0.6) is 5.75 Å². The minimum Gasteiger partial charge on any atom is -0.497 e. The second kappa shape index (κ2) is 12.4. The highest BCUT2D eigenvalue weighted by molar-refractivity contribution is 7.15. The number of methoxy groups -OCH3 is 1. The molecule has 0 saturated heterocycles. The number of carbonyl (C=O) groups excluding carboxylic acids is 3. The zero-order chi connectivity index (χ0) is 26.9. The number of ether oxygens (including phenoxy) is 2. The van der Waals surface area contributed by atoms with Crippen LogP contribution in [0.3, 0.4) is 0 Å². The predicted molar refractivity (Wildman–Crippen MR) is 140 cm³/mol. The van der Waals surface area contributed by atoms with Gasteiger partial charge in [0, 0.05) is 11.1 Å². The van der Waals surface area contributed by atoms with Crippen LogP contribution in [0.15, 0.2) is 70.2 Å². The van der Waals surface area contributed by atoms with Gasteiger partial charge in [-0.15, -0.1) is 10.2 Å². The average Bonchev–Trinajstić information content (AvgIpc) is 3.58. The van der Waals surface area contributed by atoms with Gasteiger partial charge in [-0.2, -0.15) is 5.10 Å². The Morgan fingerprint density at radius 2 is 1.74 bits per heavy atom. The molecular formula is C26H23N5O6S. The van der Waals surface area contributed by atoms with Gasteiger partial charge < -0.3 is 13.9 Å². The number of rotatable bonds is 10. The summed E-state index contributed by atoms with van der Waals surface area (Å²) in [5.41, 5.74) is 4.06. The van der Waals surface area contributed by atoms with Gasteiger partial charge in [0.15, 0.2) is 0 Å². The van der Waals surface area contributed by atoms with Crippen molar-refractivity contribution in [2.45, 2.75) is 13.3 Å². The van der Waals surface area contributed by atoms with Crippen molar-refractivity contribution in [2.75, 3.05) is 19.0 Å². The summed E-state index contributed by atoms with van der Waals surface area (Å²) < 4.78 is 15.8. The highest BCUT2D eigenvalue weighted by atomic mass is 32.1. The molecule has 0 saturated carbocycles. The maximum Gasteiger partial charge on any atom is 0.338 e. The van der Waals surface area contributed by atoms with Crippen LogP contribution in [-0.4, -0.2) is 47.9 Å². The van der Waals surface area contributed by atoms with E-state index in [1.807, 2.05) is 0 Å². The highest BCUT2D eigenvalue weighted by Gasteiger charge is 2.13. The molecule has 2 N–H and O–H groups in total. The van der Waals surface area contributed by atoms with Crippen molar-refractivity contribution < 1.29 is 28.3 Å². The monoisotopic (exact) mass is 533 g/mol. The summed E-state index contributed by atoms with van der Waals surface area (Å²) in [6.45, 7) is 2.06. The summed E-state index contributed by atoms with van der Waals surface area (Å²) >= 11 is 1.09. The lowest BCUT2D eigenvalue weighted by atomic mass is 10.1. The van der Waals surface area contributed by atoms with E-state index in [9.17, 15) is 14.4 Å². The van der Waals surface area contributed by atoms with Gasteiger partial charge in [-0.05, 0) is 55.5 Å². The summed E-state index contributed by atoms with van der Waals surface area (Å²) in [5, 5.41) is 15.1. The molecule has 2 aromatic heterocycles. The summed E-state index contributed by atoms with van der Waals surface area (Å²) in [4.78, 5) is 36.3. The van der Waals surface area contributed by atoms with E-state index in [1.54, 1.807) is 74.7 Å². The van der Waals surface area contributed by atoms with Crippen molar-refractivity contribution in [3.63, 3.8) is 0 Å². The minimum atomic E-state index is -0.410. The van der Waals surface area contributed by atoms with Crippen molar-refractivity contribution in [2.24, 2.45) is 5.10 Å². The third-order valence-electron chi connectivity index (χ3n) is 5.04. The number of hydrogen-bond acceptors (Lipinski definition) is 10. The molecule has 0 aliphatic carbocycles. The van der Waals surface area contributed by atoms with Crippen molar-refractivity contribution in [1.29, 1.82) is 0 Å². The first-order valence-electron chi connectivity index (χ1n) is 11.4. The Kier molecular flexibility index (Phi) is 8.57. The molecule has 11 nitrogen and oxygen atoms in total. The molecule has 0 bridgehead atoms. The first-order chi connectivity index (χ1) is 18.4. The molecule has 0 aliphatic heterocycles. The van der Waals surface area contributed by atoms with E-state index in [0.717, 1.165) is 16.9 Å². The van der Waals surface area contributed by atoms with Gasteiger partial charge >= 0.3 is 5.97 Å². The molecule has 0 atom stereocenters. The molecule has 0 fully saturated rings. The van der Waals surface area contributed by atoms with Crippen molar-refractivity contribution in [1.82, 2.24) is 15.6 Å². The predicted octanol–water partition coefficient (Wildman–Crippen LogP) is 3.93. The van der Waals surface area contributed by atoms with Crippen LogP contribution in [-0.2, 0) is 16.0 Å². The SMILES string of the molecule is CCOC(=O)c1ccc(-c2ccc(/C=N\NC(=O)Cc3nnc(NC(=O)c4ccc(OC)cc4)s3)o2)cc1. The summed E-state index contributed by atoms with van der Waals surface area (Å²) in [6.07, 6.45) is 1.30. The Bertz CT molecular complexity index is 1440. The topological polar surface area (TPSA) is 145 Å². The second-order valence-electron chi connectivity index (χ2n) is 7.65. The molecule has 2 heterocycles. The Labute approximate surface area is 221 Å². The van der Waals surface area contributed by atoms with Gasteiger partial charge in [0.2, 0.25) is 11.0 Å². The summed E-state index contributed by atoms with van der Waals surface area (Å²) in [5.74, 6) is 0.498. The Morgan fingerprint density at radius 1 is 1.00 bits per heavy atom. The number of nitrogens with one attached hydrogen (secondary N) is 2. The first-order valence-corrected chi connectivity index (χ1v) is 12.2. The standard InChI is InChI=1S/C26H23N5O6S/c1-3-36-25(34)18-6-4-16(5-7-18)21-13-12-20(37-21)15-27-29-22(32)14-23-30-31-26(38-23)28-24(33)17-8-10-19(35-2)11-9-17/h4-13,15H,3,14H2,1-2H3,(H,29,32)(H,28,31,33)/b27-15-. The number of hydrazone groups is 1. The summed E-state index contributed by atoms with van der Waals surface area (Å²) in [6, 6.07) is 16.9. The maximum atomic E-state index is 12.3. The van der Waals surface area contributed by atoms with Gasteiger partial charge in [0.1, 0.15) is 22.3 Å². The maximum absolute atomic E-state index is 12.3. The lowest BCUT2D eigenvalue weighted by molar-refractivity contribution is -0.120. The zero-order valence-electron chi connectivity index (χ0n) is 20.5. The molecule has 38 heavy (non-hydrogen) atoms. The number of anilines is 1. The normalized spacial score (nSPS) is 10.8. The number of furan rings is 1. The van der Waals surface area contributed by atoms with Gasteiger partial charge in [0.05, 0.1) is 31.9 Å². The lowest BCUT2D eigenvalue weighted by Gasteiger charge is -2.02. The molecule has 0 aliphatic rings. The fraction of sp³-hybridized carbons (Fsp3) is 0.154. The minimum absolute atomic E-state index is 0.0658. The van der Waals surface area contributed by atoms with Gasteiger partial charge in [-0.3, -0.25) is 14.9 Å². The van der Waals surface area contributed by atoms with E-state index >= 15 is 0 Å². The molecule has 0 spiro atoms. The van der Waals surface area contributed by atoms with E-state index in [-0.39, 0.29) is 23.4 Å². The van der Waals surface area contributed by atoms with Gasteiger partial charge in [-0.1, -0.05) is 23.5 Å². The largest absolute Gasteiger partial charge is 0.497 e. The number of carbonyl (C=O) groups is 3. The first kappa shape index (κ1) is 26.2. The highest BCUT2D eigenvalue weighted by Crippen LogP contribution is 2.22. The molecule has 4 rings (SSSR count).